The highest BCUT2D eigenvalue weighted by Gasteiger charge is 2.52. The summed E-state index contributed by atoms with van der Waals surface area (Å²) in [6.07, 6.45) is 0. The van der Waals surface area contributed by atoms with E-state index in [1.165, 1.54) is 48.5 Å². The molecule has 3 aromatic rings. The minimum Gasteiger partial charge on any atom is -0.508 e. The molecule has 0 amide bonds. The Morgan fingerprint density at radius 2 is 1.45 bits per heavy atom. The lowest BCUT2D eigenvalue weighted by molar-refractivity contribution is 0.440. The first-order valence-electron chi connectivity index (χ1n) is 7.90. The van der Waals surface area contributed by atoms with Crippen molar-refractivity contribution in [1.29, 1.82) is 0 Å². The van der Waals surface area contributed by atoms with Gasteiger partial charge in [0.1, 0.15) is 10.8 Å². The van der Waals surface area contributed by atoms with Crippen LogP contribution < -0.4 is 0 Å². The first kappa shape index (κ1) is 22.0. The van der Waals surface area contributed by atoms with Crippen LogP contribution in [0.25, 0.3) is 0 Å². The van der Waals surface area contributed by atoms with Gasteiger partial charge in [-0.15, -0.1) is 0 Å². The zero-order valence-corrected chi connectivity index (χ0v) is 18.1. The summed E-state index contributed by atoms with van der Waals surface area (Å²) in [5.74, 6) is -1.00. The van der Waals surface area contributed by atoms with Crippen molar-refractivity contribution in [3.8, 4) is 11.5 Å². The van der Waals surface area contributed by atoms with Crippen LogP contribution in [0, 0.1) is 0 Å². The second-order valence-corrected chi connectivity index (χ2v) is 9.23. The molecule has 1 unspecified atom stereocenters. The molecule has 0 aromatic heterocycles. The third kappa shape index (κ3) is 3.54. The molecule has 0 aliphatic rings. The van der Waals surface area contributed by atoms with E-state index in [-0.39, 0.29) is 31.8 Å². The highest BCUT2D eigenvalue weighted by molar-refractivity contribution is 7.87. The standard InChI is InChI=1S/C19H12Cl4O5S/c20-11-5-3-4-10(8-11)19(29(26,27)28,12-6-1-2-7-15(12)24)13-9-14(21)18(25)17(23)16(13)22/h1-9,24-25H,(H,26,27,28). The summed E-state index contributed by atoms with van der Waals surface area (Å²) >= 11 is 24.5. The topological polar surface area (TPSA) is 94.8 Å². The number of rotatable bonds is 4. The molecule has 3 aromatic carbocycles. The molecule has 5 nitrogen and oxygen atoms in total. The van der Waals surface area contributed by atoms with Gasteiger partial charge in [-0.1, -0.05) is 76.7 Å². The Balaban J connectivity index is 2.64. The monoisotopic (exact) mass is 492 g/mol. The third-order valence-corrected chi connectivity index (χ3v) is 7.24. The van der Waals surface area contributed by atoms with Crippen LogP contribution in [0.15, 0.2) is 54.6 Å². The average molecular weight is 494 g/mol. The van der Waals surface area contributed by atoms with Crippen molar-refractivity contribution in [3.63, 3.8) is 0 Å². The maximum absolute atomic E-state index is 13.0. The first-order chi connectivity index (χ1) is 13.5. The predicted molar refractivity (Wildman–Crippen MR) is 114 cm³/mol. The molecule has 0 saturated heterocycles. The lowest BCUT2D eigenvalue weighted by Crippen LogP contribution is -2.38. The van der Waals surface area contributed by atoms with Crippen molar-refractivity contribution in [2.75, 3.05) is 0 Å². The Morgan fingerprint density at radius 3 is 2.03 bits per heavy atom. The van der Waals surface area contributed by atoms with Gasteiger partial charge in [0.2, 0.25) is 0 Å². The van der Waals surface area contributed by atoms with E-state index in [1.54, 1.807) is 0 Å². The summed E-state index contributed by atoms with van der Waals surface area (Å²) in [6, 6.07) is 12.2. The molecule has 1 atom stereocenters. The van der Waals surface area contributed by atoms with E-state index in [1.807, 2.05) is 0 Å². The number of hydrogen-bond donors (Lipinski definition) is 3. The molecule has 0 saturated carbocycles. The molecule has 0 aliphatic carbocycles. The smallest absolute Gasteiger partial charge is 0.283 e. The van der Waals surface area contributed by atoms with Crippen LogP contribution in [0.2, 0.25) is 20.1 Å². The Labute approximate surface area is 186 Å². The summed E-state index contributed by atoms with van der Waals surface area (Å²) in [4.78, 5) is 0. The van der Waals surface area contributed by atoms with E-state index in [0.717, 1.165) is 6.07 Å². The molecular formula is C19H12Cl4O5S. The fourth-order valence-electron chi connectivity index (χ4n) is 3.20. The molecule has 29 heavy (non-hydrogen) atoms. The molecule has 3 rings (SSSR count). The van der Waals surface area contributed by atoms with Gasteiger partial charge < -0.3 is 10.2 Å². The molecular weight excluding hydrogens is 482 g/mol. The van der Waals surface area contributed by atoms with E-state index >= 15 is 0 Å². The Morgan fingerprint density at radius 1 is 0.793 bits per heavy atom. The lowest BCUT2D eigenvalue weighted by Gasteiger charge is -2.34. The molecule has 10 heteroatoms. The Hall–Kier alpha value is -1.67. The molecule has 0 radical (unpaired) electrons. The van der Waals surface area contributed by atoms with Crippen molar-refractivity contribution < 1.29 is 23.2 Å². The minimum atomic E-state index is -5.10. The summed E-state index contributed by atoms with van der Waals surface area (Å²) < 4.78 is 34.0. The van der Waals surface area contributed by atoms with Crippen molar-refractivity contribution in [2.45, 2.75) is 4.75 Å². The number of para-hydroxylation sites is 1. The molecule has 3 N–H and O–H groups in total. The molecule has 152 valence electrons. The maximum Gasteiger partial charge on any atom is 0.283 e. The lowest BCUT2D eigenvalue weighted by atomic mass is 9.83. The minimum absolute atomic E-state index is 0.0336. The van der Waals surface area contributed by atoms with Crippen molar-refractivity contribution >= 4 is 56.5 Å². The second kappa shape index (κ2) is 7.87. The van der Waals surface area contributed by atoms with Crippen LogP contribution in [0.3, 0.4) is 0 Å². The van der Waals surface area contributed by atoms with Crippen molar-refractivity contribution in [3.05, 3.63) is 91.4 Å². The number of halogens is 4. The summed E-state index contributed by atoms with van der Waals surface area (Å²) in [5, 5.41) is 19.6. The average Bonchev–Trinajstić information content (AvgIpc) is 2.65. The number of hydrogen-bond acceptors (Lipinski definition) is 4. The van der Waals surface area contributed by atoms with Gasteiger partial charge in [-0.2, -0.15) is 8.42 Å². The second-order valence-electron chi connectivity index (χ2n) is 6.07. The fraction of sp³-hybridized carbons (Fsp3) is 0.0526. The van der Waals surface area contributed by atoms with Gasteiger partial charge >= 0.3 is 0 Å². The van der Waals surface area contributed by atoms with Crippen LogP contribution in [-0.4, -0.2) is 23.2 Å². The van der Waals surface area contributed by atoms with E-state index in [9.17, 15) is 23.2 Å². The molecule has 0 fully saturated rings. The molecule has 0 aliphatic heterocycles. The van der Waals surface area contributed by atoms with Gasteiger partial charge in [-0.3, -0.25) is 4.55 Å². The van der Waals surface area contributed by atoms with E-state index < -0.39 is 31.4 Å². The highest BCUT2D eigenvalue weighted by Crippen LogP contribution is 2.53. The number of phenolic OH excluding ortho intramolecular Hbond substituents is 2. The summed E-state index contributed by atoms with van der Waals surface area (Å²) in [7, 11) is -5.10. The number of phenols is 2. The molecule has 0 bridgehead atoms. The van der Waals surface area contributed by atoms with Crippen molar-refractivity contribution in [1.82, 2.24) is 0 Å². The van der Waals surface area contributed by atoms with Gasteiger partial charge in [-0.05, 0) is 29.8 Å². The van der Waals surface area contributed by atoms with Gasteiger partial charge in [0.25, 0.3) is 10.1 Å². The van der Waals surface area contributed by atoms with Crippen LogP contribution >= 0.6 is 46.4 Å². The predicted octanol–water partition coefficient (Wildman–Crippen LogP) is 5.89. The third-order valence-electron chi connectivity index (χ3n) is 4.42. The Kier molecular flexibility index (Phi) is 5.98. The van der Waals surface area contributed by atoms with E-state index in [2.05, 4.69) is 0 Å². The Bertz CT molecular complexity index is 1210. The SMILES string of the molecule is O=S(=O)(O)C(c1cccc(Cl)c1)(c1ccccc1O)c1cc(Cl)c(O)c(Cl)c1Cl. The largest absolute Gasteiger partial charge is 0.508 e. The van der Waals surface area contributed by atoms with Crippen molar-refractivity contribution in [2.24, 2.45) is 0 Å². The highest BCUT2D eigenvalue weighted by atomic mass is 35.5. The molecule has 0 spiro atoms. The number of aromatic hydroxyl groups is 2. The normalized spacial score (nSPS) is 13.8. The van der Waals surface area contributed by atoms with Crippen LogP contribution in [0.4, 0.5) is 0 Å². The van der Waals surface area contributed by atoms with E-state index in [4.69, 9.17) is 46.4 Å². The van der Waals surface area contributed by atoms with Gasteiger partial charge in [-0.25, -0.2) is 0 Å². The van der Waals surface area contributed by atoms with Gasteiger partial charge in [0.15, 0.2) is 10.5 Å². The van der Waals surface area contributed by atoms with Crippen LogP contribution in [-0.2, 0) is 14.9 Å². The van der Waals surface area contributed by atoms with Gasteiger partial charge in [0, 0.05) is 16.1 Å². The number of benzene rings is 3. The van der Waals surface area contributed by atoms with Crippen LogP contribution in [0.5, 0.6) is 11.5 Å². The molecule has 0 heterocycles. The van der Waals surface area contributed by atoms with E-state index in [0.29, 0.717) is 0 Å². The summed E-state index contributed by atoms with van der Waals surface area (Å²) in [5.41, 5.74) is -0.531. The zero-order chi connectivity index (χ0) is 21.6. The summed E-state index contributed by atoms with van der Waals surface area (Å²) in [6.45, 7) is 0. The fourth-order valence-corrected chi connectivity index (χ4v) is 5.51. The zero-order valence-electron chi connectivity index (χ0n) is 14.3. The van der Waals surface area contributed by atoms with Gasteiger partial charge in [0.05, 0.1) is 10.0 Å². The first-order valence-corrected chi connectivity index (χ1v) is 10.9. The quantitative estimate of drug-likeness (QED) is 0.239. The van der Waals surface area contributed by atoms with Crippen LogP contribution in [0.1, 0.15) is 16.7 Å². The maximum atomic E-state index is 13.0.